The molecule has 0 aliphatic carbocycles. The van der Waals surface area contributed by atoms with Gasteiger partial charge in [0.2, 0.25) is 0 Å². The lowest BCUT2D eigenvalue weighted by Crippen LogP contribution is -2.32. The zero-order valence-electron chi connectivity index (χ0n) is 11.0. The minimum absolute atomic E-state index is 0.253. The van der Waals surface area contributed by atoms with Crippen molar-refractivity contribution in [1.29, 1.82) is 0 Å². The molecule has 0 saturated heterocycles. The summed E-state index contributed by atoms with van der Waals surface area (Å²) in [6, 6.07) is 8.63. The number of para-hydroxylation sites is 1. The quantitative estimate of drug-likeness (QED) is 0.867. The van der Waals surface area contributed by atoms with E-state index in [0.717, 1.165) is 18.8 Å². The lowest BCUT2D eigenvalue weighted by molar-refractivity contribution is 0.257. The van der Waals surface area contributed by atoms with E-state index in [0.29, 0.717) is 17.8 Å². The second-order valence-electron chi connectivity index (χ2n) is 5.55. The first-order valence-electron chi connectivity index (χ1n) is 6.57. The average molecular weight is 233 g/mol. The molecule has 2 nitrogen and oxygen atoms in total. The molecule has 94 valence electrons. The highest BCUT2D eigenvalue weighted by Gasteiger charge is 2.29. The van der Waals surface area contributed by atoms with Gasteiger partial charge in [-0.05, 0) is 31.2 Å². The first-order valence-corrected chi connectivity index (χ1v) is 6.57. The predicted molar refractivity (Wildman–Crippen MR) is 71.3 cm³/mol. The molecule has 0 fully saturated rings. The minimum Gasteiger partial charge on any atom is -0.493 e. The monoisotopic (exact) mass is 233 g/mol. The molecule has 1 aliphatic heterocycles. The zero-order valence-corrected chi connectivity index (χ0v) is 11.0. The van der Waals surface area contributed by atoms with Crippen molar-refractivity contribution in [2.75, 3.05) is 6.61 Å². The van der Waals surface area contributed by atoms with E-state index in [1.165, 1.54) is 5.56 Å². The number of rotatable bonds is 4. The van der Waals surface area contributed by atoms with Crippen LogP contribution in [0, 0.1) is 11.8 Å². The molecule has 0 bridgehead atoms. The Morgan fingerprint density at radius 1 is 1.29 bits per heavy atom. The number of hydrogen-bond acceptors (Lipinski definition) is 2. The molecule has 1 heterocycles. The third kappa shape index (κ3) is 2.63. The van der Waals surface area contributed by atoms with Crippen LogP contribution in [-0.4, -0.2) is 12.6 Å². The van der Waals surface area contributed by atoms with Gasteiger partial charge in [0, 0.05) is 17.5 Å². The van der Waals surface area contributed by atoms with Gasteiger partial charge in [0.25, 0.3) is 0 Å². The van der Waals surface area contributed by atoms with Crippen LogP contribution in [0.3, 0.4) is 0 Å². The molecular formula is C15H23NO. The summed E-state index contributed by atoms with van der Waals surface area (Å²) in [6.45, 7) is 7.45. The minimum atomic E-state index is 0.253. The first kappa shape index (κ1) is 12.4. The van der Waals surface area contributed by atoms with Crippen LogP contribution in [0.15, 0.2) is 24.3 Å². The summed E-state index contributed by atoms with van der Waals surface area (Å²) in [4.78, 5) is 0. The smallest absolute Gasteiger partial charge is 0.122 e. The SMILES string of the molecule is CC(C)C(CC1COc2ccccc21)C(C)N. The highest BCUT2D eigenvalue weighted by atomic mass is 16.5. The topological polar surface area (TPSA) is 35.2 Å². The third-order valence-electron chi connectivity index (χ3n) is 3.89. The molecule has 0 saturated carbocycles. The fourth-order valence-electron chi connectivity index (χ4n) is 2.85. The molecule has 0 amide bonds. The number of fused-ring (bicyclic) bond motifs is 1. The zero-order chi connectivity index (χ0) is 12.4. The van der Waals surface area contributed by atoms with Crippen molar-refractivity contribution in [3.05, 3.63) is 29.8 Å². The second kappa shape index (κ2) is 5.09. The standard InChI is InChI=1S/C15H23NO/c1-10(2)14(11(3)16)8-12-9-17-15-7-5-4-6-13(12)15/h4-7,10-12,14H,8-9,16H2,1-3H3. The van der Waals surface area contributed by atoms with E-state index >= 15 is 0 Å². The Labute approximate surface area is 104 Å². The highest BCUT2D eigenvalue weighted by Crippen LogP contribution is 2.38. The van der Waals surface area contributed by atoms with Crippen molar-refractivity contribution < 1.29 is 4.74 Å². The van der Waals surface area contributed by atoms with Crippen LogP contribution >= 0.6 is 0 Å². The fourth-order valence-corrected chi connectivity index (χ4v) is 2.85. The fraction of sp³-hybridized carbons (Fsp3) is 0.600. The first-order chi connectivity index (χ1) is 8.09. The van der Waals surface area contributed by atoms with Crippen molar-refractivity contribution in [3.8, 4) is 5.75 Å². The van der Waals surface area contributed by atoms with Gasteiger partial charge in [-0.25, -0.2) is 0 Å². The molecule has 3 atom stereocenters. The highest BCUT2D eigenvalue weighted by molar-refractivity contribution is 5.39. The van der Waals surface area contributed by atoms with E-state index in [4.69, 9.17) is 10.5 Å². The largest absolute Gasteiger partial charge is 0.493 e. The molecule has 1 aromatic carbocycles. The molecular weight excluding hydrogens is 210 g/mol. The Morgan fingerprint density at radius 3 is 2.65 bits per heavy atom. The van der Waals surface area contributed by atoms with E-state index in [2.05, 4.69) is 39.0 Å². The maximum atomic E-state index is 6.09. The van der Waals surface area contributed by atoms with Crippen molar-refractivity contribution in [1.82, 2.24) is 0 Å². The third-order valence-corrected chi connectivity index (χ3v) is 3.89. The Hall–Kier alpha value is -1.02. The van der Waals surface area contributed by atoms with Crippen LogP contribution in [-0.2, 0) is 0 Å². The maximum Gasteiger partial charge on any atom is 0.122 e. The van der Waals surface area contributed by atoms with E-state index in [9.17, 15) is 0 Å². The molecule has 1 aliphatic rings. The lowest BCUT2D eigenvalue weighted by atomic mass is 9.80. The molecule has 2 rings (SSSR count). The summed E-state index contributed by atoms with van der Waals surface area (Å²) >= 11 is 0. The summed E-state index contributed by atoms with van der Waals surface area (Å²) in [5.41, 5.74) is 7.45. The Kier molecular flexibility index (Phi) is 3.72. The van der Waals surface area contributed by atoms with E-state index in [1.54, 1.807) is 0 Å². The van der Waals surface area contributed by atoms with E-state index in [1.807, 2.05) is 6.07 Å². The van der Waals surface area contributed by atoms with Gasteiger partial charge in [-0.2, -0.15) is 0 Å². The van der Waals surface area contributed by atoms with Crippen LogP contribution in [0.25, 0.3) is 0 Å². The maximum absolute atomic E-state index is 6.09. The summed E-state index contributed by atoms with van der Waals surface area (Å²) in [5, 5.41) is 0. The van der Waals surface area contributed by atoms with Gasteiger partial charge < -0.3 is 10.5 Å². The summed E-state index contributed by atoms with van der Waals surface area (Å²) in [5.74, 6) is 2.77. The molecule has 3 unspecified atom stereocenters. The normalized spacial score (nSPS) is 22.1. The van der Waals surface area contributed by atoms with Crippen LogP contribution in [0.2, 0.25) is 0 Å². The van der Waals surface area contributed by atoms with Crippen LogP contribution in [0.5, 0.6) is 5.75 Å². The van der Waals surface area contributed by atoms with E-state index < -0.39 is 0 Å². The Morgan fingerprint density at radius 2 is 2.00 bits per heavy atom. The van der Waals surface area contributed by atoms with Crippen molar-refractivity contribution in [3.63, 3.8) is 0 Å². The van der Waals surface area contributed by atoms with Crippen molar-refractivity contribution in [2.24, 2.45) is 17.6 Å². The van der Waals surface area contributed by atoms with Crippen LogP contribution < -0.4 is 10.5 Å². The van der Waals surface area contributed by atoms with Gasteiger partial charge in [-0.3, -0.25) is 0 Å². The molecule has 2 N–H and O–H groups in total. The average Bonchev–Trinajstić information content (AvgIpc) is 2.68. The second-order valence-corrected chi connectivity index (χ2v) is 5.55. The van der Waals surface area contributed by atoms with Crippen molar-refractivity contribution >= 4 is 0 Å². The number of hydrogen-bond donors (Lipinski definition) is 1. The van der Waals surface area contributed by atoms with Gasteiger partial charge in [0.15, 0.2) is 0 Å². The molecule has 0 aromatic heterocycles. The lowest BCUT2D eigenvalue weighted by Gasteiger charge is -2.27. The van der Waals surface area contributed by atoms with Gasteiger partial charge in [-0.1, -0.05) is 32.0 Å². The molecule has 2 heteroatoms. The van der Waals surface area contributed by atoms with Crippen LogP contribution in [0.4, 0.5) is 0 Å². The van der Waals surface area contributed by atoms with Gasteiger partial charge in [-0.15, -0.1) is 0 Å². The molecule has 1 aromatic rings. The van der Waals surface area contributed by atoms with E-state index in [-0.39, 0.29) is 6.04 Å². The molecule has 0 radical (unpaired) electrons. The summed E-state index contributed by atoms with van der Waals surface area (Å²) in [7, 11) is 0. The molecule has 0 spiro atoms. The Balaban J connectivity index is 2.10. The number of nitrogens with two attached hydrogens (primary N) is 1. The molecule has 17 heavy (non-hydrogen) atoms. The van der Waals surface area contributed by atoms with Crippen molar-refractivity contribution in [2.45, 2.75) is 39.2 Å². The Bertz CT molecular complexity index is 365. The number of benzene rings is 1. The number of ether oxygens (including phenoxy) is 1. The summed E-state index contributed by atoms with van der Waals surface area (Å²) in [6.07, 6.45) is 1.13. The van der Waals surface area contributed by atoms with Gasteiger partial charge in [0.05, 0.1) is 6.61 Å². The predicted octanol–water partition coefficient (Wildman–Crippen LogP) is 3.17. The summed E-state index contributed by atoms with van der Waals surface area (Å²) < 4.78 is 5.73. The van der Waals surface area contributed by atoms with Gasteiger partial charge in [0.1, 0.15) is 5.75 Å². The van der Waals surface area contributed by atoms with Gasteiger partial charge >= 0.3 is 0 Å². The van der Waals surface area contributed by atoms with Crippen LogP contribution in [0.1, 0.15) is 38.7 Å².